The number of ketones is 1. The summed E-state index contributed by atoms with van der Waals surface area (Å²) in [6.07, 6.45) is 0. The average Bonchev–Trinajstić information content (AvgIpc) is 2.27. The van der Waals surface area contributed by atoms with E-state index in [-0.39, 0.29) is 11.7 Å². The summed E-state index contributed by atoms with van der Waals surface area (Å²) in [6, 6.07) is 4.33. The zero-order valence-electron chi connectivity index (χ0n) is 10.1. The van der Waals surface area contributed by atoms with Crippen molar-refractivity contribution in [3.63, 3.8) is 0 Å². The molecule has 0 aromatic heterocycles. The topological polar surface area (TPSA) is 81.4 Å². The number of rotatable bonds is 4. The maximum Gasteiger partial charge on any atom is 0.221 e. The smallest absolute Gasteiger partial charge is 0.221 e. The lowest BCUT2D eigenvalue weighted by Gasteiger charge is -2.14. The van der Waals surface area contributed by atoms with E-state index in [0.29, 0.717) is 17.0 Å². The maximum atomic E-state index is 11.9. The number of hydrogen-bond acceptors (Lipinski definition) is 4. The number of amides is 1. The van der Waals surface area contributed by atoms with Crippen LogP contribution in [0.25, 0.3) is 0 Å². The summed E-state index contributed by atoms with van der Waals surface area (Å²) in [7, 11) is 1.47. The summed E-state index contributed by atoms with van der Waals surface area (Å²) in [5.41, 5.74) is 6.28. The number of nitrogens with two attached hydrogens (primary N) is 1. The summed E-state index contributed by atoms with van der Waals surface area (Å²) in [5, 5.41) is 2.59. The Bertz CT molecular complexity index is 441. The van der Waals surface area contributed by atoms with Crippen molar-refractivity contribution >= 4 is 17.4 Å². The van der Waals surface area contributed by atoms with E-state index in [1.165, 1.54) is 14.0 Å². The largest absolute Gasteiger partial charge is 0.495 e. The van der Waals surface area contributed by atoms with Gasteiger partial charge in [0.05, 0.1) is 18.8 Å². The van der Waals surface area contributed by atoms with Gasteiger partial charge < -0.3 is 15.8 Å². The standard InChI is InChI=1S/C12H16N2O3/c1-7(13)12(16)9-5-4-6-10(17-3)11(9)14-8(2)15/h4-7H,13H2,1-3H3,(H,14,15). The summed E-state index contributed by atoms with van der Waals surface area (Å²) in [4.78, 5) is 23.0. The minimum atomic E-state index is -0.630. The Labute approximate surface area is 99.9 Å². The number of anilines is 1. The van der Waals surface area contributed by atoms with Crippen LogP contribution in [0, 0.1) is 0 Å². The lowest BCUT2D eigenvalue weighted by molar-refractivity contribution is -0.114. The lowest BCUT2D eigenvalue weighted by atomic mass is 10.0. The second-order valence-electron chi connectivity index (χ2n) is 3.72. The Hall–Kier alpha value is -1.88. The Morgan fingerprint density at radius 3 is 2.53 bits per heavy atom. The molecule has 0 bridgehead atoms. The van der Waals surface area contributed by atoms with Crippen LogP contribution < -0.4 is 15.8 Å². The van der Waals surface area contributed by atoms with Crippen LogP contribution in [0.1, 0.15) is 24.2 Å². The SMILES string of the molecule is COc1cccc(C(=O)C(C)N)c1NC(C)=O. The molecule has 17 heavy (non-hydrogen) atoms. The van der Waals surface area contributed by atoms with Gasteiger partial charge in [-0.05, 0) is 19.1 Å². The average molecular weight is 236 g/mol. The summed E-state index contributed by atoms with van der Waals surface area (Å²) in [6.45, 7) is 2.96. The number of para-hydroxylation sites is 1. The van der Waals surface area contributed by atoms with Gasteiger partial charge in [-0.15, -0.1) is 0 Å². The van der Waals surface area contributed by atoms with Crippen LogP contribution in [-0.2, 0) is 4.79 Å². The van der Waals surface area contributed by atoms with Crippen LogP contribution in [0.3, 0.4) is 0 Å². The Kier molecular flexibility index (Phi) is 4.23. The van der Waals surface area contributed by atoms with Crippen molar-refractivity contribution < 1.29 is 14.3 Å². The molecule has 0 saturated carbocycles. The number of Topliss-reactive ketones (excluding diaryl/α,β-unsaturated/α-hetero) is 1. The van der Waals surface area contributed by atoms with Crippen LogP contribution in [0.5, 0.6) is 5.75 Å². The Balaban J connectivity index is 3.28. The summed E-state index contributed by atoms with van der Waals surface area (Å²) >= 11 is 0. The number of carbonyl (C=O) groups is 2. The van der Waals surface area contributed by atoms with Crippen molar-refractivity contribution in [1.29, 1.82) is 0 Å². The normalized spacial score (nSPS) is 11.8. The molecular formula is C12H16N2O3. The van der Waals surface area contributed by atoms with Crippen LogP contribution >= 0.6 is 0 Å². The molecule has 1 atom stereocenters. The third kappa shape index (κ3) is 3.04. The molecule has 0 aliphatic rings. The molecule has 3 N–H and O–H groups in total. The van der Waals surface area contributed by atoms with Crippen molar-refractivity contribution in [1.82, 2.24) is 0 Å². The second-order valence-corrected chi connectivity index (χ2v) is 3.72. The van der Waals surface area contributed by atoms with Gasteiger partial charge in [0.1, 0.15) is 5.75 Å². The van der Waals surface area contributed by atoms with Gasteiger partial charge in [0.25, 0.3) is 0 Å². The van der Waals surface area contributed by atoms with Gasteiger partial charge in [-0.2, -0.15) is 0 Å². The molecular weight excluding hydrogens is 220 g/mol. The molecule has 1 aromatic rings. The predicted molar refractivity (Wildman–Crippen MR) is 65.3 cm³/mol. The van der Waals surface area contributed by atoms with Crippen LogP contribution in [0.4, 0.5) is 5.69 Å². The van der Waals surface area contributed by atoms with Gasteiger partial charge in [-0.25, -0.2) is 0 Å². The van der Waals surface area contributed by atoms with Gasteiger partial charge in [-0.3, -0.25) is 9.59 Å². The number of hydrogen-bond donors (Lipinski definition) is 2. The van der Waals surface area contributed by atoms with E-state index in [1.807, 2.05) is 0 Å². The van der Waals surface area contributed by atoms with E-state index in [4.69, 9.17) is 10.5 Å². The fourth-order valence-electron chi connectivity index (χ4n) is 1.46. The molecule has 5 nitrogen and oxygen atoms in total. The molecule has 0 fully saturated rings. The highest BCUT2D eigenvalue weighted by atomic mass is 16.5. The molecule has 92 valence electrons. The molecule has 1 unspecified atom stereocenters. The number of methoxy groups -OCH3 is 1. The third-order valence-corrected chi connectivity index (χ3v) is 2.23. The minimum Gasteiger partial charge on any atom is -0.495 e. The third-order valence-electron chi connectivity index (χ3n) is 2.23. The molecule has 1 aromatic carbocycles. The van der Waals surface area contributed by atoms with E-state index < -0.39 is 6.04 Å². The Morgan fingerprint density at radius 2 is 2.06 bits per heavy atom. The van der Waals surface area contributed by atoms with E-state index >= 15 is 0 Å². The predicted octanol–water partition coefficient (Wildman–Crippen LogP) is 1.18. The second kappa shape index (κ2) is 5.45. The zero-order chi connectivity index (χ0) is 13.0. The van der Waals surface area contributed by atoms with Gasteiger partial charge in [0.15, 0.2) is 5.78 Å². The van der Waals surface area contributed by atoms with Crippen LogP contribution in [-0.4, -0.2) is 24.8 Å². The quantitative estimate of drug-likeness (QED) is 0.769. The highest BCUT2D eigenvalue weighted by Gasteiger charge is 2.18. The van der Waals surface area contributed by atoms with Crippen molar-refractivity contribution in [3.8, 4) is 5.75 Å². The maximum absolute atomic E-state index is 11.9. The van der Waals surface area contributed by atoms with E-state index in [0.717, 1.165) is 0 Å². The molecule has 0 radical (unpaired) electrons. The lowest BCUT2D eigenvalue weighted by Crippen LogP contribution is -2.27. The minimum absolute atomic E-state index is 0.243. The first kappa shape index (κ1) is 13.2. The highest BCUT2D eigenvalue weighted by molar-refractivity contribution is 6.08. The highest BCUT2D eigenvalue weighted by Crippen LogP contribution is 2.29. The molecule has 1 amide bonds. The monoisotopic (exact) mass is 236 g/mol. The number of carbonyl (C=O) groups excluding carboxylic acids is 2. The van der Waals surface area contributed by atoms with Crippen molar-refractivity contribution in [2.45, 2.75) is 19.9 Å². The van der Waals surface area contributed by atoms with Crippen molar-refractivity contribution in [3.05, 3.63) is 23.8 Å². The number of nitrogens with one attached hydrogen (secondary N) is 1. The van der Waals surface area contributed by atoms with Crippen molar-refractivity contribution in [2.75, 3.05) is 12.4 Å². The van der Waals surface area contributed by atoms with Gasteiger partial charge in [0.2, 0.25) is 5.91 Å². The number of benzene rings is 1. The molecule has 0 saturated heterocycles. The summed E-state index contributed by atoms with van der Waals surface area (Å²) in [5.74, 6) is -0.0763. The molecule has 0 aliphatic carbocycles. The molecule has 0 heterocycles. The van der Waals surface area contributed by atoms with E-state index in [9.17, 15) is 9.59 Å². The molecule has 1 rings (SSSR count). The number of ether oxygens (including phenoxy) is 1. The van der Waals surface area contributed by atoms with E-state index in [2.05, 4.69) is 5.32 Å². The summed E-state index contributed by atoms with van der Waals surface area (Å²) < 4.78 is 5.11. The van der Waals surface area contributed by atoms with Crippen LogP contribution in [0.15, 0.2) is 18.2 Å². The molecule has 5 heteroatoms. The fourth-order valence-corrected chi connectivity index (χ4v) is 1.46. The first-order chi connectivity index (χ1) is 7.97. The fraction of sp³-hybridized carbons (Fsp3) is 0.333. The van der Waals surface area contributed by atoms with Gasteiger partial charge in [-0.1, -0.05) is 6.07 Å². The van der Waals surface area contributed by atoms with Gasteiger partial charge >= 0.3 is 0 Å². The molecule has 0 aliphatic heterocycles. The van der Waals surface area contributed by atoms with Gasteiger partial charge in [0, 0.05) is 12.5 Å². The first-order valence-corrected chi connectivity index (χ1v) is 5.21. The Morgan fingerprint density at radius 1 is 1.41 bits per heavy atom. The van der Waals surface area contributed by atoms with Crippen LogP contribution in [0.2, 0.25) is 0 Å². The van der Waals surface area contributed by atoms with E-state index in [1.54, 1.807) is 25.1 Å². The first-order valence-electron chi connectivity index (χ1n) is 5.21. The zero-order valence-corrected chi connectivity index (χ0v) is 10.1. The molecule has 0 spiro atoms. The van der Waals surface area contributed by atoms with Crippen molar-refractivity contribution in [2.24, 2.45) is 5.73 Å².